The highest BCUT2D eigenvalue weighted by Gasteiger charge is 2.28. The minimum atomic E-state index is -0.587. The Hall–Kier alpha value is -3.54. The highest BCUT2D eigenvalue weighted by molar-refractivity contribution is 6.06. The molecule has 134 valence electrons. The van der Waals surface area contributed by atoms with Gasteiger partial charge in [0, 0.05) is 23.9 Å². The Labute approximate surface area is 155 Å². The van der Waals surface area contributed by atoms with Crippen LogP contribution in [0.4, 0.5) is 5.82 Å². The first-order valence-electron chi connectivity index (χ1n) is 8.68. The summed E-state index contributed by atoms with van der Waals surface area (Å²) in [5, 5.41) is 2.57. The maximum absolute atomic E-state index is 12.6. The summed E-state index contributed by atoms with van der Waals surface area (Å²) in [6.07, 6.45) is 2.45. The Morgan fingerprint density at radius 2 is 1.81 bits per heavy atom. The van der Waals surface area contributed by atoms with Gasteiger partial charge in [-0.2, -0.15) is 0 Å². The number of nitrogens with one attached hydrogen (secondary N) is 2. The van der Waals surface area contributed by atoms with Crippen LogP contribution in [0.3, 0.4) is 0 Å². The number of Topliss-reactive ketones (excluding diaryl/α,β-unsaturated/α-hetero) is 1. The quantitative estimate of drug-likeness (QED) is 0.752. The number of fused-ring (bicyclic) bond motifs is 1. The molecule has 1 aliphatic carbocycles. The van der Waals surface area contributed by atoms with Crippen molar-refractivity contribution in [3.63, 3.8) is 0 Å². The van der Waals surface area contributed by atoms with Crippen LogP contribution in [0.1, 0.15) is 44.3 Å². The van der Waals surface area contributed by atoms with E-state index in [2.05, 4.69) is 15.3 Å². The molecule has 2 N–H and O–H groups in total. The Kier molecular flexibility index (Phi) is 4.38. The molecule has 0 saturated heterocycles. The Bertz CT molecular complexity index is 1060. The SMILES string of the molecule is O=C1CC(c2ccccc2)Cc2[nH]c(=O)c(C(=O)Nc3ccccn3)cc21. The summed E-state index contributed by atoms with van der Waals surface area (Å²) in [4.78, 5) is 44.2. The second kappa shape index (κ2) is 6.99. The van der Waals surface area contributed by atoms with Crippen molar-refractivity contribution >= 4 is 17.5 Å². The molecule has 3 aromatic rings. The van der Waals surface area contributed by atoms with Crippen molar-refractivity contribution in [1.29, 1.82) is 0 Å². The van der Waals surface area contributed by atoms with Crippen molar-refractivity contribution in [1.82, 2.24) is 9.97 Å². The van der Waals surface area contributed by atoms with E-state index in [1.165, 1.54) is 6.07 Å². The first-order chi connectivity index (χ1) is 13.1. The van der Waals surface area contributed by atoms with Crippen molar-refractivity contribution < 1.29 is 9.59 Å². The Balaban J connectivity index is 1.64. The molecule has 0 saturated carbocycles. The summed E-state index contributed by atoms with van der Waals surface area (Å²) in [7, 11) is 0. The number of benzene rings is 1. The molecule has 1 amide bonds. The summed E-state index contributed by atoms with van der Waals surface area (Å²) >= 11 is 0. The number of nitrogens with zero attached hydrogens (tertiary/aromatic N) is 1. The zero-order valence-electron chi connectivity index (χ0n) is 14.4. The highest BCUT2D eigenvalue weighted by atomic mass is 16.2. The smallest absolute Gasteiger partial charge is 0.262 e. The third-order valence-electron chi connectivity index (χ3n) is 4.73. The number of ketones is 1. The van der Waals surface area contributed by atoms with Crippen molar-refractivity contribution in [2.75, 3.05) is 5.32 Å². The van der Waals surface area contributed by atoms with Crippen LogP contribution < -0.4 is 10.9 Å². The summed E-state index contributed by atoms with van der Waals surface area (Å²) < 4.78 is 0. The number of carbonyl (C=O) groups excluding carboxylic acids is 2. The number of hydrogen-bond donors (Lipinski definition) is 2. The molecule has 6 heteroatoms. The number of carbonyl (C=O) groups is 2. The summed E-state index contributed by atoms with van der Waals surface area (Å²) in [6, 6.07) is 16.2. The van der Waals surface area contributed by atoms with Crippen LogP contribution in [0.5, 0.6) is 0 Å². The standard InChI is InChI=1S/C21H17N3O3/c25-18-11-14(13-6-2-1-3-7-13)10-17-15(18)12-16(20(26)23-17)21(27)24-19-8-4-5-9-22-19/h1-9,12,14H,10-11H2,(H,23,26)(H,22,24,27). The molecule has 4 rings (SSSR count). The fourth-order valence-electron chi connectivity index (χ4n) is 3.38. The van der Waals surface area contributed by atoms with E-state index in [0.29, 0.717) is 29.9 Å². The van der Waals surface area contributed by atoms with Crippen molar-refractivity contribution in [3.8, 4) is 0 Å². The molecule has 0 radical (unpaired) electrons. The van der Waals surface area contributed by atoms with Gasteiger partial charge in [0.15, 0.2) is 5.78 Å². The van der Waals surface area contributed by atoms with Crippen LogP contribution in [0, 0.1) is 0 Å². The molecule has 1 unspecified atom stereocenters. The van der Waals surface area contributed by atoms with E-state index in [4.69, 9.17) is 0 Å². The highest BCUT2D eigenvalue weighted by Crippen LogP contribution is 2.31. The van der Waals surface area contributed by atoms with E-state index < -0.39 is 11.5 Å². The van der Waals surface area contributed by atoms with Crippen LogP contribution >= 0.6 is 0 Å². The van der Waals surface area contributed by atoms with E-state index >= 15 is 0 Å². The van der Waals surface area contributed by atoms with Gasteiger partial charge in [-0.3, -0.25) is 14.4 Å². The maximum Gasteiger partial charge on any atom is 0.262 e. The monoisotopic (exact) mass is 359 g/mol. The predicted molar refractivity (Wildman–Crippen MR) is 101 cm³/mol. The molecule has 0 aliphatic heterocycles. The van der Waals surface area contributed by atoms with E-state index in [1.807, 2.05) is 30.3 Å². The van der Waals surface area contributed by atoms with Gasteiger partial charge in [0.1, 0.15) is 11.4 Å². The van der Waals surface area contributed by atoms with Gasteiger partial charge in [-0.25, -0.2) is 4.98 Å². The van der Waals surface area contributed by atoms with Crippen LogP contribution in [0.25, 0.3) is 0 Å². The van der Waals surface area contributed by atoms with Gasteiger partial charge in [0.25, 0.3) is 11.5 Å². The third kappa shape index (κ3) is 3.42. The number of rotatable bonds is 3. The normalized spacial score (nSPS) is 15.9. The van der Waals surface area contributed by atoms with Crippen LogP contribution in [-0.2, 0) is 6.42 Å². The maximum atomic E-state index is 12.6. The molecule has 2 aromatic heterocycles. The number of aromatic nitrogens is 2. The van der Waals surface area contributed by atoms with Gasteiger partial charge < -0.3 is 10.3 Å². The molecule has 27 heavy (non-hydrogen) atoms. The molecule has 2 heterocycles. The summed E-state index contributed by atoms with van der Waals surface area (Å²) in [6.45, 7) is 0. The van der Waals surface area contributed by atoms with Crippen LogP contribution in [0.2, 0.25) is 0 Å². The second-order valence-corrected chi connectivity index (χ2v) is 6.51. The number of H-pyrrole nitrogens is 1. The Morgan fingerprint density at radius 1 is 1.04 bits per heavy atom. The second-order valence-electron chi connectivity index (χ2n) is 6.51. The zero-order chi connectivity index (χ0) is 18.8. The average Bonchev–Trinajstić information content (AvgIpc) is 2.68. The number of aromatic amines is 1. The van der Waals surface area contributed by atoms with Gasteiger partial charge in [-0.15, -0.1) is 0 Å². The lowest BCUT2D eigenvalue weighted by Gasteiger charge is -2.24. The zero-order valence-corrected chi connectivity index (χ0v) is 14.4. The lowest BCUT2D eigenvalue weighted by atomic mass is 9.81. The first-order valence-corrected chi connectivity index (χ1v) is 8.68. The van der Waals surface area contributed by atoms with Crippen molar-refractivity contribution in [2.24, 2.45) is 0 Å². The minimum absolute atomic E-state index is 0.0232. The largest absolute Gasteiger partial charge is 0.325 e. The topological polar surface area (TPSA) is 91.9 Å². The predicted octanol–water partition coefficient (Wildman–Crippen LogP) is 2.93. The number of pyridine rings is 2. The molecule has 0 bridgehead atoms. The lowest BCUT2D eigenvalue weighted by Crippen LogP contribution is -2.29. The van der Waals surface area contributed by atoms with Gasteiger partial charge >= 0.3 is 0 Å². The van der Waals surface area contributed by atoms with Gasteiger partial charge in [0.2, 0.25) is 0 Å². The summed E-state index contributed by atoms with van der Waals surface area (Å²) in [5.74, 6) is -0.297. The molecule has 1 atom stereocenters. The van der Waals surface area contributed by atoms with E-state index in [-0.39, 0.29) is 17.3 Å². The fourth-order valence-corrected chi connectivity index (χ4v) is 3.38. The average molecular weight is 359 g/mol. The van der Waals surface area contributed by atoms with Gasteiger partial charge in [-0.1, -0.05) is 36.4 Å². The number of amides is 1. The molecule has 6 nitrogen and oxygen atoms in total. The molecule has 0 fully saturated rings. The van der Waals surface area contributed by atoms with Crippen molar-refractivity contribution in [2.45, 2.75) is 18.8 Å². The van der Waals surface area contributed by atoms with Crippen LogP contribution in [-0.4, -0.2) is 21.7 Å². The fraction of sp³-hybridized carbons (Fsp3) is 0.143. The van der Waals surface area contributed by atoms with E-state index in [9.17, 15) is 14.4 Å². The molecular formula is C21H17N3O3. The van der Waals surface area contributed by atoms with Crippen molar-refractivity contribution in [3.05, 3.63) is 93.5 Å². The van der Waals surface area contributed by atoms with Gasteiger partial charge in [-0.05, 0) is 36.1 Å². The molecule has 1 aliphatic rings. The molecular weight excluding hydrogens is 342 g/mol. The number of anilines is 1. The Morgan fingerprint density at radius 3 is 2.56 bits per heavy atom. The number of hydrogen-bond acceptors (Lipinski definition) is 4. The minimum Gasteiger partial charge on any atom is -0.325 e. The van der Waals surface area contributed by atoms with Crippen LogP contribution in [0.15, 0.2) is 65.6 Å². The van der Waals surface area contributed by atoms with Gasteiger partial charge in [0.05, 0.1) is 0 Å². The summed E-state index contributed by atoms with van der Waals surface area (Å²) in [5.41, 5.74) is 1.45. The van der Waals surface area contributed by atoms with E-state index in [0.717, 1.165) is 5.56 Å². The lowest BCUT2D eigenvalue weighted by molar-refractivity contribution is 0.0963. The molecule has 0 spiro atoms. The van der Waals surface area contributed by atoms with E-state index in [1.54, 1.807) is 24.4 Å². The first kappa shape index (κ1) is 16.9. The third-order valence-corrected chi connectivity index (χ3v) is 4.73. The molecule has 1 aromatic carbocycles.